The topological polar surface area (TPSA) is 39.9 Å². The van der Waals surface area contributed by atoms with E-state index in [1.807, 2.05) is 0 Å². The van der Waals surface area contributed by atoms with Crippen molar-refractivity contribution in [1.29, 1.82) is 0 Å². The van der Waals surface area contributed by atoms with Crippen molar-refractivity contribution in [3.63, 3.8) is 0 Å². The number of H-pyrrole nitrogens is 1. The Balaban J connectivity index is 1.19. The molecule has 0 saturated carbocycles. The lowest BCUT2D eigenvalue weighted by Gasteiger charge is -2.11. The second kappa shape index (κ2) is 8.14. The Morgan fingerprint density at radius 1 is 1.15 bits per heavy atom. The number of aromatic nitrogens is 1. The number of anilines is 1. The first kappa shape index (κ1) is 17.4. The zero-order valence-corrected chi connectivity index (χ0v) is 16.3. The van der Waals surface area contributed by atoms with E-state index in [1.54, 1.807) is 11.8 Å². The highest BCUT2D eigenvalue weighted by Gasteiger charge is 2.21. The summed E-state index contributed by atoms with van der Waals surface area (Å²) in [5.41, 5.74) is 5.28. The summed E-state index contributed by atoms with van der Waals surface area (Å²) in [6.45, 7) is 1.92. The van der Waals surface area contributed by atoms with Gasteiger partial charge in [0.1, 0.15) is 4.32 Å². The lowest BCUT2D eigenvalue weighted by molar-refractivity contribution is 0.735. The molecule has 4 rings (SSSR count). The predicted molar refractivity (Wildman–Crippen MR) is 117 cm³/mol. The minimum absolute atomic E-state index is 0.604. The van der Waals surface area contributed by atoms with Crippen LogP contribution in [0.2, 0.25) is 0 Å². The molecule has 0 radical (unpaired) electrons. The van der Waals surface area contributed by atoms with Crippen LogP contribution in [-0.2, 0) is 6.42 Å². The van der Waals surface area contributed by atoms with E-state index in [4.69, 9.17) is 12.2 Å². The van der Waals surface area contributed by atoms with E-state index in [-0.39, 0.29) is 0 Å². The Kier molecular flexibility index (Phi) is 5.46. The van der Waals surface area contributed by atoms with Crippen LogP contribution in [0, 0.1) is 0 Å². The Bertz CT molecular complexity index is 903. The molecule has 3 nitrogen and oxygen atoms in total. The van der Waals surface area contributed by atoms with Crippen LogP contribution < -0.4 is 10.6 Å². The van der Waals surface area contributed by atoms with E-state index in [1.165, 1.54) is 27.7 Å². The van der Waals surface area contributed by atoms with E-state index in [0.29, 0.717) is 5.92 Å². The van der Waals surface area contributed by atoms with Crippen LogP contribution in [0.4, 0.5) is 5.69 Å². The number of nitrogens with one attached hydrogen (secondary N) is 3. The molecule has 0 saturated heterocycles. The number of thioether (sulfide) groups is 1. The molecule has 1 unspecified atom stereocenters. The molecule has 1 aliphatic rings. The molecule has 3 N–H and O–H groups in total. The molecular weight excluding hydrogens is 358 g/mol. The second-order valence-corrected chi connectivity index (χ2v) is 8.40. The fraction of sp³-hybridized carbons (Fsp3) is 0.286. The molecule has 0 amide bonds. The smallest absolute Gasteiger partial charge is 0.133 e. The van der Waals surface area contributed by atoms with Gasteiger partial charge in [0.2, 0.25) is 0 Å². The summed E-state index contributed by atoms with van der Waals surface area (Å²) in [6, 6.07) is 17.1. The van der Waals surface area contributed by atoms with Gasteiger partial charge < -0.3 is 15.6 Å². The predicted octanol–water partition coefficient (Wildman–Crippen LogP) is 4.92. The van der Waals surface area contributed by atoms with Crippen LogP contribution in [0.3, 0.4) is 0 Å². The highest BCUT2D eigenvalue weighted by atomic mass is 32.2. The molecular formula is C21H23N3S2. The van der Waals surface area contributed by atoms with E-state index >= 15 is 0 Å². The second-order valence-electron chi connectivity index (χ2n) is 6.63. The molecule has 3 aromatic rings. The van der Waals surface area contributed by atoms with Gasteiger partial charge in [-0.1, -0.05) is 60.4 Å². The summed E-state index contributed by atoms with van der Waals surface area (Å²) >= 11 is 7.25. The van der Waals surface area contributed by atoms with E-state index in [2.05, 4.69) is 70.3 Å². The normalized spacial score (nSPS) is 15.6. The van der Waals surface area contributed by atoms with Crippen molar-refractivity contribution in [3.8, 4) is 0 Å². The maximum atomic E-state index is 5.49. The maximum Gasteiger partial charge on any atom is 0.133 e. The standard InChI is InChI=1S/C21H23N3S2/c25-21(22-11-9-15-13-23-19-7-3-1-5-17(15)19)26-12-10-16-14-24-20-8-4-2-6-18(16)20/h1-8,13,16,23-24H,9-12,14H2,(H,22,25). The molecule has 2 heterocycles. The molecule has 5 heteroatoms. The minimum atomic E-state index is 0.604. The van der Waals surface area contributed by atoms with Gasteiger partial charge in [-0.05, 0) is 36.1 Å². The number of benzene rings is 2. The molecule has 0 bridgehead atoms. The summed E-state index contributed by atoms with van der Waals surface area (Å²) in [6.07, 6.45) is 4.23. The van der Waals surface area contributed by atoms with Crippen LogP contribution in [0.15, 0.2) is 54.7 Å². The van der Waals surface area contributed by atoms with Crippen molar-refractivity contribution < 1.29 is 0 Å². The minimum Gasteiger partial charge on any atom is -0.384 e. The van der Waals surface area contributed by atoms with E-state index in [0.717, 1.165) is 36.0 Å². The lowest BCUT2D eigenvalue weighted by atomic mass is 9.99. The van der Waals surface area contributed by atoms with Gasteiger partial charge >= 0.3 is 0 Å². The fourth-order valence-electron chi connectivity index (χ4n) is 3.60. The number of hydrogen-bond acceptors (Lipinski definition) is 3. The number of hydrogen-bond donors (Lipinski definition) is 3. The van der Waals surface area contributed by atoms with Crippen molar-refractivity contribution in [2.45, 2.75) is 18.8 Å². The summed E-state index contributed by atoms with van der Waals surface area (Å²) in [5.74, 6) is 1.66. The first-order valence-corrected chi connectivity index (χ1v) is 10.5. The maximum absolute atomic E-state index is 5.49. The Morgan fingerprint density at radius 2 is 2.00 bits per heavy atom. The third-order valence-electron chi connectivity index (χ3n) is 4.98. The quantitative estimate of drug-likeness (QED) is 0.530. The first-order valence-electron chi connectivity index (χ1n) is 9.09. The Morgan fingerprint density at radius 3 is 2.96 bits per heavy atom. The molecule has 0 spiro atoms. The lowest BCUT2D eigenvalue weighted by Crippen LogP contribution is -2.21. The van der Waals surface area contributed by atoms with Gasteiger partial charge in [0.05, 0.1) is 0 Å². The third-order valence-corrected chi connectivity index (χ3v) is 6.32. The van der Waals surface area contributed by atoms with Crippen molar-refractivity contribution in [2.24, 2.45) is 0 Å². The van der Waals surface area contributed by atoms with Crippen molar-refractivity contribution in [2.75, 3.05) is 24.2 Å². The molecule has 0 aliphatic carbocycles. The average molecular weight is 382 g/mol. The number of para-hydroxylation sites is 2. The van der Waals surface area contributed by atoms with Gasteiger partial charge in [-0.15, -0.1) is 0 Å². The van der Waals surface area contributed by atoms with Crippen LogP contribution in [0.1, 0.15) is 23.5 Å². The summed E-state index contributed by atoms with van der Waals surface area (Å²) in [4.78, 5) is 3.33. The van der Waals surface area contributed by atoms with Crippen LogP contribution in [-0.4, -0.2) is 28.1 Å². The molecule has 1 aromatic heterocycles. The van der Waals surface area contributed by atoms with Crippen molar-refractivity contribution in [3.05, 3.63) is 65.9 Å². The van der Waals surface area contributed by atoms with Gasteiger partial charge in [0.15, 0.2) is 0 Å². The van der Waals surface area contributed by atoms with Gasteiger partial charge in [-0.2, -0.15) is 0 Å². The summed E-state index contributed by atoms with van der Waals surface area (Å²) in [7, 11) is 0. The summed E-state index contributed by atoms with van der Waals surface area (Å²) in [5, 5.41) is 8.19. The van der Waals surface area contributed by atoms with Crippen LogP contribution >= 0.6 is 24.0 Å². The summed E-state index contributed by atoms with van der Waals surface area (Å²) < 4.78 is 0.907. The van der Waals surface area contributed by atoms with Crippen LogP contribution in [0.5, 0.6) is 0 Å². The largest absolute Gasteiger partial charge is 0.384 e. The zero-order chi connectivity index (χ0) is 17.8. The van der Waals surface area contributed by atoms with Crippen molar-refractivity contribution in [1.82, 2.24) is 10.3 Å². The van der Waals surface area contributed by atoms with Gasteiger partial charge in [0, 0.05) is 47.5 Å². The zero-order valence-electron chi connectivity index (χ0n) is 14.6. The van der Waals surface area contributed by atoms with Gasteiger partial charge in [-0.25, -0.2) is 0 Å². The molecule has 134 valence electrons. The highest BCUT2D eigenvalue weighted by molar-refractivity contribution is 8.22. The van der Waals surface area contributed by atoms with E-state index < -0.39 is 0 Å². The molecule has 0 fully saturated rings. The Hall–Kier alpha value is -1.98. The fourth-order valence-corrected chi connectivity index (χ4v) is 4.74. The molecule has 1 aliphatic heterocycles. The van der Waals surface area contributed by atoms with Gasteiger partial charge in [-0.3, -0.25) is 0 Å². The number of rotatable bonds is 6. The van der Waals surface area contributed by atoms with Crippen LogP contribution in [0.25, 0.3) is 10.9 Å². The third kappa shape index (κ3) is 3.89. The molecule has 26 heavy (non-hydrogen) atoms. The average Bonchev–Trinajstić information content (AvgIpc) is 3.27. The monoisotopic (exact) mass is 381 g/mol. The number of fused-ring (bicyclic) bond motifs is 2. The highest BCUT2D eigenvalue weighted by Crippen LogP contribution is 2.33. The first-order chi connectivity index (χ1) is 12.8. The number of aromatic amines is 1. The van der Waals surface area contributed by atoms with Crippen molar-refractivity contribution >= 4 is 44.9 Å². The Labute approximate surface area is 164 Å². The molecule has 1 atom stereocenters. The van der Waals surface area contributed by atoms with E-state index in [9.17, 15) is 0 Å². The number of thiocarbonyl (C=S) groups is 1. The SMILES string of the molecule is S=C(NCCc1c[nH]c2ccccc12)SCCC1CNc2ccccc21. The van der Waals surface area contributed by atoms with Gasteiger partial charge in [0.25, 0.3) is 0 Å². The molecule has 2 aromatic carbocycles.